The average molecular weight is 558 g/mol. The van der Waals surface area contributed by atoms with Gasteiger partial charge in [0.1, 0.15) is 17.1 Å². The summed E-state index contributed by atoms with van der Waals surface area (Å²) in [5, 5.41) is 8.60. The van der Waals surface area contributed by atoms with Crippen molar-refractivity contribution in [3.05, 3.63) is 77.4 Å². The zero-order valence-corrected chi connectivity index (χ0v) is 21.3. The van der Waals surface area contributed by atoms with Crippen molar-refractivity contribution in [2.24, 2.45) is 5.10 Å². The van der Waals surface area contributed by atoms with Gasteiger partial charge in [0.25, 0.3) is 0 Å². The van der Waals surface area contributed by atoms with Crippen molar-refractivity contribution < 1.29 is 41.3 Å². The second-order valence-electron chi connectivity index (χ2n) is 10.2. The number of alkyl halides is 4. The molecule has 0 spiro atoms. The van der Waals surface area contributed by atoms with Crippen molar-refractivity contribution in [2.45, 2.75) is 44.7 Å². The Morgan fingerprint density at radius 2 is 1.73 bits per heavy atom. The number of benzene rings is 3. The summed E-state index contributed by atoms with van der Waals surface area (Å²) < 4.78 is 71.9. The molecule has 1 atom stereocenters. The van der Waals surface area contributed by atoms with Gasteiger partial charge in [-0.1, -0.05) is 6.07 Å². The summed E-state index contributed by atoms with van der Waals surface area (Å²) in [5.41, 5.74) is 2.68. The van der Waals surface area contributed by atoms with E-state index < -0.39 is 24.9 Å². The number of anilines is 1. The highest BCUT2D eigenvalue weighted by molar-refractivity contribution is 6.08. The summed E-state index contributed by atoms with van der Waals surface area (Å²) in [6.07, 6.45) is -3.09. The number of hydrogen-bond donors (Lipinski definition) is 1. The number of urea groups is 1. The summed E-state index contributed by atoms with van der Waals surface area (Å²) in [4.78, 5) is 13.3. The first kappa shape index (κ1) is 25.8. The van der Waals surface area contributed by atoms with Gasteiger partial charge >= 0.3 is 18.9 Å². The summed E-state index contributed by atoms with van der Waals surface area (Å²) in [6, 6.07) is 15.0. The van der Waals surface area contributed by atoms with Gasteiger partial charge < -0.3 is 24.3 Å². The van der Waals surface area contributed by atoms with Crippen LogP contribution in [-0.2, 0) is 6.42 Å². The first-order valence-corrected chi connectivity index (χ1v) is 12.4. The number of ether oxygens (including phenoxy) is 4. The molecular formula is C28H23F4N3O5. The number of hydrogen-bond acceptors (Lipinski definition) is 6. The molecule has 0 saturated heterocycles. The van der Waals surface area contributed by atoms with E-state index >= 15 is 0 Å². The molecule has 40 heavy (non-hydrogen) atoms. The molecule has 208 valence electrons. The topological polar surface area (TPSA) is 81.6 Å². The highest BCUT2D eigenvalue weighted by Gasteiger charge is 2.44. The predicted octanol–water partition coefficient (Wildman–Crippen LogP) is 6.36. The Labute approximate surface area is 226 Å². The van der Waals surface area contributed by atoms with Crippen molar-refractivity contribution in [1.82, 2.24) is 5.01 Å². The lowest BCUT2D eigenvalue weighted by Crippen LogP contribution is -2.30. The van der Waals surface area contributed by atoms with Gasteiger partial charge in [-0.3, -0.25) is 0 Å². The van der Waals surface area contributed by atoms with Gasteiger partial charge in [0.05, 0.1) is 12.3 Å². The Morgan fingerprint density at radius 3 is 2.48 bits per heavy atom. The van der Waals surface area contributed by atoms with Crippen LogP contribution in [0.4, 0.5) is 28.0 Å². The Balaban J connectivity index is 1.28. The maximum Gasteiger partial charge on any atom is 0.586 e. The van der Waals surface area contributed by atoms with Crippen molar-refractivity contribution in [2.75, 3.05) is 11.9 Å². The van der Waals surface area contributed by atoms with E-state index in [2.05, 4.69) is 24.6 Å². The van der Waals surface area contributed by atoms with Crippen LogP contribution in [0.15, 0.2) is 65.8 Å². The van der Waals surface area contributed by atoms with E-state index in [-0.39, 0.29) is 29.4 Å². The smallest absolute Gasteiger partial charge is 0.487 e. The number of carbonyl (C=O) groups is 1. The van der Waals surface area contributed by atoms with E-state index in [4.69, 9.17) is 4.74 Å². The molecule has 8 nitrogen and oxygen atoms in total. The molecule has 3 aromatic rings. The molecular weight excluding hydrogens is 534 g/mol. The van der Waals surface area contributed by atoms with Crippen LogP contribution in [0, 0.1) is 0 Å². The Hall–Kier alpha value is -4.48. The molecule has 3 heterocycles. The van der Waals surface area contributed by atoms with Gasteiger partial charge in [-0.2, -0.15) is 13.9 Å². The molecule has 0 aliphatic carbocycles. The van der Waals surface area contributed by atoms with E-state index in [0.29, 0.717) is 28.9 Å². The second-order valence-corrected chi connectivity index (χ2v) is 10.2. The number of amides is 2. The molecule has 1 N–H and O–H groups in total. The van der Waals surface area contributed by atoms with Crippen molar-refractivity contribution in [3.63, 3.8) is 0 Å². The van der Waals surface area contributed by atoms with Crippen LogP contribution in [-0.4, -0.2) is 41.8 Å². The fourth-order valence-electron chi connectivity index (χ4n) is 5.02. The number of rotatable bonds is 5. The minimum Gasteiger partial charge on any atom is -0.487 e. The number of hydrazone groups is 1. The van der Waals surface area contributed by atoms with Crippen molar-refractivity contribution in [1.29, 1.82) is 0 Å². The van der Waals surface area contributed by atoms with Crippen LogP contribution < -0.4 is 24.3 Å². The molecule has 12 heteroatoms. The first-order valence-electron chi connectivity index (χ1n) is 12.4. The maximum atomic E-state index is 13.6. The van der Waals surface area contributed by atoms with E-state index in [0.717, 1.165) is 11.3 Å². The molecule has 3 aromatic carbocycles. The van der Waals surface area contributed by atoms with Gasteiger partial charge in [-0.05, 0) is 79.6 Å². The molecule has 3 aliphatic heterocycles. The number of nitrogens with zero attached hydrogens (tertiary/aromatic N) is 2. The average Bonchev–Trinajstić information content (AvgIpc) is 3.54. The minimum absolute atomic E-state index is 0.0439. The quantitative estimate of drug-likeness (QED) is 0.370. The van der Waals surface area contributed by atoms with E-state index in [1.54, 1.807) is 18.2 Å². The van der Waals surface area contributed by atoms with E-state index in [9.17, 15) is 22.4 Å². The van der Waals surface area contributed by atoms with Gasteiger partial charge in [-0.15, -0.1) is 8.78 Å². The van der Waals surface area contributed by atoms with Gasteiger partial charge in [0.2, 0.25) is 0 Å². The molecule has 0 fully saturated rings. The SMILES string of the molecule is CC1(C)Cc2cc(NC(=O)N3CC(c4ccc5c(c4)OC(F)(F)O5)C(c4ccc(OC(F)F)cc4)=N3)ccc2O1. The number of halogens is 4. The zero-order chi connectivity index (χ0) is 28.2. The molecule has 1 unspecified atom stereocenters. The molecule has 6 rings (SSSR count). The highest BCUT2D eigenvalue weighted by Crippen LogP contribution is 2.43. The summed E-state index contributed by atoms with van der Waals surface area (Å²) in [5.74, 6) is -0.0921. The third-order valence-corrected chi connectivity index (χ3v) is 6.67. The van der Waals surface area contributed by atoms with Crippen molar-refractivity contribution in [3.8, 4) is 23.0 Å². The third-order valence-electron chi connectivity index (χ3n) is 6.67. The lowest BCUT2D eigenvalue weighted by molar-refractivity contribution is -0.286. The maximum absolute atomic E-state index is 13.6. The third kappa shape index (κ3) is 5.08. The molecule has 0 radical (unpaired) electrons. The molecule has 0 saturated carbocycles. The first-order chi connectivity index (χ1) is 18.9. The number of nitrogens with one attached hydrogen (secondary N) is 1. The fraction of sp³-hybridized carbons (Fsp3) is 0.286. The largest absolute Gasteiger partial charge is 0.586 e. The Morgan fingerprint density at radius 1 is 1.00 bits per heavy atom. The van der Waals surface area contributed by atoms with Crippen LogP contribution in [0.1, 0.15) is 36.5 Å². The molecule has 3 aliphatic rings. The Bertz CT molecular complexity index is 1510. The van der Waals surface area contributed by atoms with E-state index in [1.165, 1.54) is 41.4 Å². The predicted molar refractivity (Wildman–Crippen MR) is 136 cm³/mol. The Kier molecular flexibility index (Phi) is 6.00. The molecule has 2 amide bonds. The number of fused-ring (bicyclic) bond motifs is 2. The summed E-state index contributed by atoms with van der Waals surface area (Å²) in [7, 11) is 0. The minimum atomic E-state index is -3.78. The van der Waals surface area contributed by atoms with Crippen molar-refractivity contribution >= 4 is 17.4 Å². The van der Waals surface area contributed by atoms with Gasteiger partial charge in [0.15, 0.2) is 11.5 Å². The van der Waals surface area contributed by atoms with Gasteiger partial charge in [-0.25, -0.2) is 9.80 Å². The van der Waals surface area contributed by atoms with E-state index in [1.807, 2.05) is 19.9 Å². The monoisotopic (exact) mass is 557 g/mol. The normalized spacial score (nSPS) is 19.7. The van der Waals surface area contributed by atoms with Crippen LogP contribution in [0.3, 0.4) is 0 Å². The summed E-state index contributed by atoms with van der Waals surface area (Å²) >= 11 is 0. The van der Waals surface area contributed by atoms with Crippen LogP contribution >= 0.6 is 0 Å². The standard InChI is InChI=1S/C28H23F4N3O5/c1-27(2)13-17-11-18(6-10-21(17)38-27)33-26(36)35-14-20(16-5-9-22-23(12-16)40-28(31,32)39-22)24(34-35)15-3-7-19(8-4-15)37-25(29)30/h3-12,20,25H,13-14H2,1-2H3,(H,33,36). The molecule has 0 aromatic heterocycles. The summed E-state index contributed by atoms with van der Waals surface area (Å²) in [6.45, 7) is 1.06. The fourth-order valence-corrected chi connectivity index (χ4v) is 5.02. The van der Waals surface area contributed by atoms with Crippen LogP contribution in [0.2, 0.25) is 0 Å². The lowest BCUT2D eigenvalue weighted by atomic mass is 9.90. The number of carbonyl (C=O) groups excluding carboxylic acids is 1. The highest BCUT2D eigenvalue weighted by atomic mass is 19.3. The molecule has 0 bridgehead atoms. The van der Waals surface area contributed by atoms with Gasteiger partial charge in [0, 0.05) is 23.6 Å². The second kappa shape index (κ2) is 9.32. The zero-order valence-electron chi connectivity index (χ0n) is 21.3. The van der Waals surface area contributed by atoms with Crippen LogP contribution in [0.25, 0.3) is 0 Å². The lowest BCUT2D eigenvalue weighted by Gasteiger charge is -2.17. The van der Waals surface area contributed by atoms with Crippen LogP contribution in [0.5, 0.6) is 23.0 Å².